The molecule has 3 nitrogen and oxygen atoms in total. The highest BCUT2D eigenvalue weighted by atomic mass is 35.5. The number of halogens is 2. The lowest BCUT2D eigenvalue weighted by Gasteiger charge is -2.17. The van der Waals surface area contributed by atoms with E-state index in [1.165, 1.54) is 0 Å². The van der Waals surface area contributed by atoms with E-state index in [0.717, 1.165) is 0 Å². The van der Waals surface area contributed by atoms with E-state index in [4.69, 9.17) is 23.2 Å². The summed E-state index contributed by atoms with van der Waals surface area (Å²) in [6.45, 7) is 0.690. The van der Waals surface area contributed by atoms with Crippen molar-refractivity contribution in [2.45, 2.75) is 12.3 Å². The quantitative estimate of drug-likeness (QED) is 0.898. The summed E-state index contributed by atoms with van der Waals surface area (Å²) in [6.07, 6.45) is 0.518. The number of hydrogen-bond donors (Lipinski definition) is 1. The summed E-state index contributed by atoms with van der Waals surface area (Å²) in [5.74, 6) is -1.46. The van der Waals surface area contributed by atoms with E-state index in [1.807, 2.05) is 19.0 Å². The smallest absolute Gasteiger partial charge is 0.311 e. The first kappa shape index (κ1) is 14.3. The third kappa shape index (κ3) is 4.19. The number of hydrogen-bond acceptors (Lipinski definition) is 2. The van der Waals surface area contributed by atoms with Gasteiger partial charge in [-0.05, 0) is 44.8 Å². The van der Waals surface area contributed by atoms with Crippen LogP contribution in [0.1, 0.15) is 17.9 Å². The first-order valence-corrected chi connectivity index (χ1v) is 6.00. The molecule has 0 aliphatic heterocycles. The summed E-state index contributed by atoms with van der Waals surface area (Å²) in [5.41, 5.74) is 0.616. The number of carboxylic acid groups (broad SMARTS) is 1. The summed E-state index contributed by atoms with van der Waals surface area (Å²) in [7, 11) is 3.81. The van der Waals surface area contributed by atoms with Crippen LogP contribution in [0.25, 0.3) is 0 Å². The Balaban J connectivity index is 2.93. The first-order valence-electron chi connectivity index (χ1n) is 5.24. The van der Waals surface area contributed by atoms with Crippen LogP contribution < -0.4 is 0 Å². The summed E-state index contributed by atoms with van der Waals surface area (Å²) in [4.78, 5) is 13.2. The molecule has 0 aliphatic carbocycles. The normalized spacial score (nSPS) is 12.8. The van der Waals surface area contributed by atoms with Crippen LogP contribution in [-0.2, 0) is 4.79 Å². The lowest BCUT2D eigenvalue weighted by Crippen LogP contribution is -2.20. The van der Waals surface area contributed by atoms with Crippen molar-refractivity contribution >= 4 is 29.2 Å². The second-order valence-electron chi connectivity index (χ2n) is 4.15. The molecule has 94 valence electrons. The molecule has 1 unspecified atom stereocenters. The number of aliphatic carboxylic acids is 1. The fourth-order valence-electron chi connectivity index (χ4n) is 1.58. The Hall–Kier alpha value is -0.770. The van der Waals surface area contributed by atoms with E-state index in [2.05, 4.69) is 0 Å². The van der Waals surface area contributed by atoms with Gasteiger partial charge < -0.3 is 10.0 Å². The third-order valence-electron chi connectivity index (χ3n) is 2.50. The van der Waals surface area contributed by atoms with Gasteiger partial charge in [0.1, 0.15) is 0 Å². The molecule has 17 heavy (non-hydrogen) atoms. The molecule has 0 fully saturated rings. The molecular formula is C12H15Cl2NO2. The van der Waals surface area contributed by atoms with Crippen molar-refractivity contribution in [3.05, 3.63) is 33.8 Å². The molecule has 1 aromatic carbocycles. The number of benzene rings is 1. The number of nitrogens with zero attached hydrogens (tertiary/aromatic N) is 1. The maximum Gasteiger partial charge on any atom is 0.311 e. The molecule has 0 aromatic heterocycles. The second-order valence-corrected chi connectivity index (χ2v) is 4.99. The summed E-state index contributed by atoms with van der Waals surface area (Å²) < 4.78 is 0. The topological polar surface area (TPSA) is 40.5 Å². The zero-order valence-corrected chi connectivity index (χ0v) is 11.3. The van der Waals surface area contributed by atoms with Crippen molar-refractivity contribution in [1.82, 2.24) is 4.90 Å². The molecule has 0 amide bonds. The molecule has 0 saturated carbocycles. The number of carboxylic acids is 1. The zero-order chi connectivity index (χ0) is 13.0. The summed E-state index contributed by atoms with van der Waals surface area (Å²) >= 11 is 11.8. The average Bonchev–Trinajstić information content (AvgIpc) is 2.20. The van der Waals surface area contributed by atoms with Crippen LogP contribution in [-0.4, -0.2) is 36.6 Å². The van der Waals surface area contributed by atoms with E-state index in [-0.39, 0.29) is 0 Å². The van der Waals surface area contributed by atoms with Crippen molar-refractivity contribution in [2.24, 2.45) is 0 Å². The first-order chi connectivity index (χ1) is 7.91. The monoisotopic (exact) mass is 275 g/mol. The Morgan fingerprint density at radius 3 is 2.53 bits per heavy atom. The van der Waals surface area contributed by atoms with Crippen LogP contribution in [0.2, 0.25) is 10.0 Å². The highest BCUT2D eigenvalue weighted by molar-refractivity contribution is 6.35. The van der Waals surface area contributed by atoms with Gasteiger partial charge in [0.25, 0.3) is 0 Å². The van der Waals surface area contributed by atoms with E-state index in [1.54, 1.807) is 18.2 Å². The van der Waals surface area contributed by atoms with E-state index in [0.29, 0.717) is 28.6 Å². The average molecular weight is 276 g/mol. The van der Waals surface area contributed by atoms with Gasteiger partial charge in [-0.15, -0.1) is 0 Å². The van der Waals surface area contributed by atoms with Crippen LogP contribution in [0.5, 0.6) is 0 Å². The maximum atomic E-state index is 11.2. The SMILES string of the molecule is CN(C)CCC(C(=O)O)c1ccc(Cl)cc1Cl. The van der Waals surface area contributed by atoms with Crippen LogP contribution in [0, 0.1) is 0 Å². The fraction of sp³-hybridized carbons (Fsp3) is 0.417. The fourth-order valence-corrected chi connectivity index (χ4v) is 2.12. The predicted molar refractivity (Wildman–Crippen MR) is 70.0 cm³/mol. The molecule has 0 spiro atoms. The molecule has 0 aliphatic rings. The van der Waals surface area contributed by atoms with E-state index >= 15 is 0 Å². The largest absolute Gasteiger partial charge is 0.481 e. The van der Waals surface area contributed by atoms with Gasteiger partial charge in [0.05, 0.1) is 5.92 Å². The molecule has 5 heteroatoms. The Morgan fingerprint density at radius 1 is 1.41 bits per heavy atom. The third-order valence-corrected chi connectivity index (χ3v) is 3.06. The maximum absolute atomic E-state index is 11.2. The van der Waals surface area contributed by atoms with Crippen molar-refractivity contribution < 1.29 is 9.90 Å². The Morgan fingerprint density at radius 2 is 2.06 bits per heavy atom. The summed E-state index contributed by atoms with van der Waals surface area (Å²) in [6, 6.07) is 4.91. The van der Waals surface area contributed by atoms with Gasteiger partial charge in [-0.25, -0.2) is 0 Å². The zero-order valence-electron chi connectivity index (χ0n) is 9.78. The van der Waals surface area contributed by atoms with E-state index < -0.39 is 11.9 Å². The van der Waals surface area contributed by atoms with Gasteiger partial charge in [-0.2, -0.15) is 0 Å². The van der Waals surface area contributed by atoms with Gasteiger partial charge in [0.2, 0.25) is 0 Å². The highest BCUT2D eigenvalue weighted by Crippen LogP contribution is 2.29. The van der Waals surface area contributed by atoms with Crippen LogP contribution in [0.3, 0.4) is 0 Å². The summed E-state index contributed by atoms with van der Waals surface area (Å²) in [5, 5.41) is 10.1. The van der Waals surface area contributed by atoms with Crippen LogP contribution in [0.4, 0.5) is 0 Å². The molecular weight excluding hydrogens is 261 g/mol. The molecule has 1 rings (SSSR count). The molecule has 1 N–H and O–H groups in total. The van der Waals surface area contributed by atoms with Gasteiger partial charge in [0, 0.05) is 10.0 Å². The predicted octanol–water partition coefficient (Wildman–Crippen LogP) is 3.11. The second kappa shape index (κ2) is 6.24. The van der Waals surface area contributed by atoms with Crippen molar-refractivity contribution in [2.75, 3.05) is 20.6 Å². The molecule has 0 saturated heterocycles. The van der Waals surface area contributed by atoms with Gasteiger partial charge in [0.15, 0.2) is 0 Å². The minimum absolute atomic E-state index is 0.406. The number of rotatable bonds is 5. The van der Waals surface area contributed by atoms with Crippen molar-refractivity contribution in [1.29, 1.82) is 0 Å². The van der Waals surface area contributed by atoms with Gasteiger partial charge in [-0.3, -0.25) is 4.79 Å². The molecule has 0 radical (unpaired) electrons. The Labute approximate surface area is 111 Å². The lowest BCUT2D eigenvalue weighted by molar-refractivity contribution is -0.139. The van der Waals surface area contributed by atoms with Gasteiger partial charge in [-0.1, -0.05) is 29.3 Å². The Bertz CT molecular complexity index is 407. The Kier molecular flexibility index (Phi) is 5.25. The minimum Gasteiger partial charge on any atom is -0.481 e. The standard InChI is InChI=1S/C12H15Cl2NO2/c1-15(2)6-5-10(12(16)17)9-4-3-8(13)7-11(9)14/h3-4,7,10H,5-6H2,1-2H3,(H,16,17). The molecule has 1 aromatic rings. The van der Waals surface area contributed by atoms with Crippen LogP contribution in [0.15, 0.2) is 18.2 Å². The minimum atomic E-state index is -0.865. The van der Waals surface area contributed by atoms with Gasteiger partial charge >= 0.3 is 5.97 Å². The van der Waals surface area contributed by atoms with Crippen molar-refractivity contribution in [3.8, 4) is 0 Å². The molecule has 0 heterocycles. The molecule has 0 bridgehead atoms. The molecule has 1 atom stereocenters. The van der Waals surface area contributed by atoms with E-state index in [9.17, 15) is 9.90 Å². The number of carbonyl (C=O) groups is 1. The lowest BCUT2D eigenvalue weighted by atomic mass is 9.95. The van der Waals surface area contributed by atoms with Crippen LogP contribution >= 0.6 is 23.2 Å². The highest BCUT2D eigenvalue weighted by Gasteiger charge is 2.22. The van der Waals surface area contributed by atoms with Crippen molar-refractivity contribution in [3.63, 3.8) is 0 Å².